The minimum absolute atomic E-state index is 0.00868. The molecule has 3 amide bonds. The van der Waals surface area contributed by atoms with Crippen molar-refractivity contribution < 1.29 is 33.8 Å². The van der Waals surface area contributed by atoms with E-state index < -0.39 is 53.2 Å². The first kappa shape index (κ1) is 36.3. The highest BCUT2D eigenvalue weighted by molar-refractivity contribution is 7.13. The van der Waals surface area contributed by atoms with Gasteiger partial charge in [0.25, 0.3) is 0 Å². The number of alkyl carbamates (subject to hydrolysis) is 1. The lowest BCUT2D eigenvalue weighted by Crippen LogP contribution is -2.56. The summed E-state index contributed by atoms with van der Waals surface area (Å²) in [4.78, 5) is 66.2. The molecule has 0 spiro atoms. The number of nitrogens with one attached hydrogen (secondary N) is 2. The first-order valence-corrected chi connectivity index (χ1v) is 19.2. The van der Waals surface area contributed by atoms with Gasteiger partial charge in [-0.25, -0.2) is 24.2 Å². The quantitative estimate of drug-likeness (QED) is 0.229. The van der Waals surface area contributed by atoms with Crippen molar-refractivity contribution in [3.63, 3.8) is 0 Å². The maximum Gasteiger partial charge on any atom is 0.408 e. The fourth-order valence-corrected chi connectivity index (χ4v) is 8.11. The third-order valence-corrected chi connectivity index (χ3v) is 11.0. The van der Waals surface area contributed by atoms with Crippen LogP contribution in [0.3, 0.4) is 0 Å². The first-order valence-electron chi connectivity index (χ1n) is 18.3. The zero-order chi connectivity index (χ0) is 37.3. The molecular formula is C38H45N7O7S. The Morgan fingerprint density at radius 2 is 1.83 bits per heavy atom. The lowest BCUT2D eigenvalue weighted by molar-refractivity contribution is -0.146. The molecule has 53 heavy (non-hydrogen) atoms. The highest BCUT2D eigenvalue weighted by Crippen LogP contribution is 2.47. The van der Waals surface area contributed by atoms with Gasteiger partial charge in [-0.05, 0) is 81.7 Å². The fraction of sp³-hybridized carbons (Fsp3) is 0.500. The molecule has 1 saturated carbocycles. The van der Waals surface area contributed by atoms with Crippen molar-refractivity contribution in [2.75, 3.05) is 6.54 Å². The SMILES string of the molecule is CC(C)(C)OC(=O)N[C@H]1CCCCCCCC2CC2(C(=O)O)NC(=O)[C@@H]2C[C@@H](Oc3nc4ccc(-n5cccn5)cc4nc3-c3cccs3)CN2C1=O. The zero-order valence-electron chi connectivity index (χ0n) is 30.1. The molecule has 7 rings (SSSR count). The molecule has 3 aliphatic rings. The van der Waals surface area contributed by atoms with Crippen molar-refractivity contribution in [1.82, 2.24) is 35.3 Å². The topological polar surface area (TPSA) is 178 Å². The Hall–Kier alpha value is -5.05. The number of hydrogen-bond donors (Lipinski definition) is 3. The zero-order valence-corrected chi connectivity index (χ0v) is 30.9. The van der Waals surface area contributed by atoms with Crippen molar-refractivity contribution in [3.05, 3.63) is 54.2 Å². The fourth-order valence-electron chi connectivity index (χ4n) is 7.41. The van der Waals surface area contributed by atoms with E-state index in [1.54, 1.807) is 31.6 Å². The van der Waals surface area contributed by atoms with E-state index in [1.807, 2.05) is 48.0 Å². The van der Waals surface area contributed by atoms with Gasteiger partial charge in [0.15, 0.2) is 0 Å². The Balaban J connectivity index is 1.21. The number of aliphatic carboxylic acids is 1. The van der Waals surface area contributed by atoms with Gasteiger partial charge in [-0.2, -0.15) is 5.10 Å². The first-order chi connectivity index (χ1) is 25.4. The third kappa shape index (κ3) is 7.99. The number of rotatable bonds is 6. The lowest BCUT2D eigenvalue weighted by Gasteiger charge is -2.30. The molecule has 5 atom stereocenters. The lowest BCUT2D eigenvalue weighted by atomic mass is 10.0. The number of nitrogens with zero attached hydrogens (tertiary/aromatic N) is 5. The molecule has 0 radical (unpaired) electrons. The van der Waals surface area contributed by atoms with Gasteiger partial charge in [-0.1, -0.05) is 38.2 Å². The summed E-state index contributed by atoms with van der Waals surface area (Å²) in [7, 11) is 0. The second kappa shape index (κ2) is 14.8. The summed E-state index contributed by atoms with van der Waals surface area (Å²) in [5, 5.41) is 22.1. The van der Waals surface area contributed by atoms with Crippen molar-refractivity contribution in [1.29, 1.82) is 0 Å². The standard InChI is InChI=1S/C38H45N7O7S/c1-37(2,3)52-36(50)42-27-12-8-6-4-5-7-11-23-21-38(23,35(48)49)43-32(46)29-20-25(22-44(29)34(27)47)51-33-31(30-13-9-18-53-30)40-28-19-24(14-15-26(28)41-33)45-17-10-16-39-45/h9-10,13-19,23,25,27,29H,4-8,11-12,20-22H2,1-3H3,(H,42,50)(H,43,46)(H,48,49)/t23?,25-,27+,29+,38?/m1/s1. The molecule has 4 aromatic rings. The highest BCUT2D eigenvalue weighted by atomic mass is 32.1. The van der Waals surface area contributed by atoms with Gasteiger partial charge in [0, 0.05) is 18.8 Å². The van der Waals surface area contributed by atoms with Crippen molar-refractivity contribution >= 4 is 46.2 Å². The van der Waals surface area contributed by atoms with Crippen LogP contribution in [0.4, 0.5) is 4.79 Å². The van der Waals surface area contributed by atoms with Gasteiger partial charge < -0.3 is 30.1 Å². The molecular weight excluding hydrogens is 699 g/mol. The molecule has 15 heteroatoms. The second-order valence-electron chi connectivity index (χ2n) is 15.2. The molecule has 3 fully saturated rings. The van der Waals surface area contributed by atoms with Crippen molar-refractivity contribution in [2.45, 2.75) is 108 Å². The Morgan fingerprint density at radius 3 is 2.55 bits per heavy atom. The predicted octanol–water partition coefficient (Wildman–Crippen LogP) is 5.49. The van der Waals surface area contributed by atoms with E-state index in [2.05, 4.69) is 15.7 Å². The van der Waals surface area contributed by atoms with E-state index in [0.717, 1.165) is 36.2 Å². The van der Waals surface area contributed by atoms with Crippen LogP contribution in [0.25, 0.3) is 27.3 Å². The average Bonchev–Trinajstić information content (AvgIpc) is 3.62. The minimum Gasteiger partial charge on any atom is -0.479 e. The van der Waals surface area contributed by atoms with Crippen LogP contribution in [-0.2, 0) is 19.1 Å². The number of carboxylic acids is 1. The van der Waals surface area contributed by atoms with Crippen LogP contribution in [0.2, 0.25) is 0 Å². The van der Waals surface area contributed by atoms with E-state index in [0.29, 0.717) is 42.4 Å². The number of amides is 3. The Kier molecular flexibility index (Phi) is 10.1. The normalized spacial score (nSPS) is 25.4. The van der Waals surface area contributed by atoms with Crippen LogP contribution in [0.1, 0.15) is 78.6 Å². The van der Waals surface area contributed by atoms with Gasteiger partial charge in [0.05, 0.1) is 28.1 Å². The molecule has 3 aromatic heterocycles. The summed E-state index contributed by atoms with van der Waals surface area (Å²) in [5.74, 6) is -2.02. The number of aromatic nitrogens is 4. The summed E-state index contributed by atoms with van der Waals surface area (Å²) in [6, 6.07) is 9.28. The molecule has 0 bridgehead atoms. The van der Waals surface area contributed by atoms with Crippen molar-refractivity contribution in [2.24, 2.45) is 5.92 Å². The number of carbonyl (C=O) groups is 4. The Bertz CT molecular complexity index is 1980. The molecule has 1 aliphatic carbocycles. The van der Waals surface area contributed by atoms with Crippen molar-refractivity contribution in [3.8, 4) is 22.1 Å². The molecule has 2 saturated heterocycles. The number of benzene rings is 1. The molecule has 2 unspecified atom stereocenters. The summed E-state index contributed by atoms with van der Waals surface area (Å²) >= 11 is 1.48. The second-order valence-corrected chi connectivity index (χ2v) is 16.1. The number of thiophene rings is 1. The monoisotopic (exact) mass is 743 g/mol. The number of fused-ring (bicyclic) bond motifs is 3. The summed E-state index contributed by atoms with van der Waals surface area (Å²) in [6.07, 6.45) is 7.81. The van der Waals surface area contributed by atoms with E-state index in [1.165, 1.54) is 16.2 Å². The molecule has 14 nitrogen and oxygen atoms in total. The Morgan fingerprint density at radius 1 is 1.04 bits per heavy atom. The number of hydrogen-bond acceptors (Lipinski definition) is 10. The van der Waals surface area contributed by atoms with Gasteiger partial charge in [0.2, 0.25) is 17.7 Å². The van der Waals surface area contributed by atoms with Crippen LogP contribution in [-0.4, -0.2) is 89.5 Å². The van der Waals surface area contributed by atoms with Gasteiger partial charge in [0.1, 0.15) is 35.0 Å². The average molecular weight is 744 g/mol. The highest BCUT2D eigenvalue weighted by Gasteiger charge is 2.62. The van der Waals surface area contributed by atoms with Crippen LogP contribution in [0.5, 0.6) is 5.88 Å². The van der Waals surface area contributed by atoms with Crippen LogP contribution < -0.4 is 15.4 Å². The third-order valence-electron chi connectivity index (χ3n) is 10.1. The summed E-state index contributed by atoms with van der Waals surface area (Å²) in [6.45, 7) is 5.25. The number of carboxylic acid groups (broad SMARTS) is 1. The van der Waals surface area contributed by atoms with E-state index >= 15 is 0 Å². The maximum absolute atomic E-state index is 14.4. The maximum atomic E-state index is 14.4. The van der Waals surface area contributed by atoms with E-state index in [9.17, 15) is 24.3 Å². The molecule has 2 aliphatic heterocycles. The molecule has 1 aromatic carbocycles. The smallest absolute Gasteiger partial charge is 0.408 e. The van der Waals surface area contributed by atoms with E-state index in [-0.39, 0.29) is 24.8 Å². The van der Waals surface area contributed by atoms with Gasteiger partial charge in [-0.3, -0.25) is 9.59 Å². The van der Waals surface area contributed by atoms with Crippen LogP contribution in [0, 0.1) is 5.92 Å². The molecule has 3 N–H and O–H groups in total. The number of ether oxygens (including phenoxy) is 2. The van der Waals surface area contributed by atoms with Gasteiger partial charge >= 0.3 is 12.1 Å². The van der Waals surface area contributed by atoms with Gasteiger partial charge in [-0.15, -0.1) is 11.3 Å². The minimum atomic E-state index is -1.37. The summed E-state index contributed by atoms with van der Waals surface area (Å²) in [5.41, 5.74) is 0.401. The Labute approximate surface area is 311 Å². The van der Waals surface area contributed by atoms with E-state index in [4.69, 9.17) is 19.4 Å². The largest absolute Gasteiger partial charge is 0.479 e. The van der Waals surface area contributed by atoms with Crippen LogP contribution >= 0.6 is 11.3 Å². The molecule has 5 heterocycles. The molecule has 280 valence electrons. The summed E-state index contributed by atoms with van der Waals surface area (Å²) < 4.78 is 13.8. The predicted molar refractivity (Wildman–Crippen MR) is 197 cm³/mol. The van der Waals surface area contributed by atoms with Crippen LogP contribution in [0.15, 0.2) is 54.2 Å². The number of carbonyl (C=O) groups excluding carboxylic acids is 3.